The summed E-state index contributed by atoms with van der Waals surface area (Å²) >= 11 is 0. The van der Waals surface area contributed by atoms with Crippen LogP contribution in [0.15, 0.2) is 54.6 Å². The van der Waals surface area contributed by atoms with Gasteiger partial charge in [0, 0.05) is 18.2 Å². The van der Waals surface area contributed by atoms with Crippen molar-refractivity contribution in [1.29, 1.82) is 0 Å². The Morgan fingerprint density at radius 3 is 2.31 bits per heavy atom. The molecule has 8 heteroatoms. The second-order valence-electron chi connectivity index (χ2n) is 8.10. The van der Waals surface area contributed by atoms with Gasteiger partial charge in [0.05, 0.1) is 27.4 Å². The van der Waals surface area contributed by atoms with Crippen LogP contribution >= 0.6 is 0 Å². The largest absolute Gasteiger partial charge is 0.493 e. The molecule has 1 aliphatic rings. The smallest absolute Gasteiger partial charge is 0.417 e. The third-order valence-corrected chi connectivity index (χ3v) is 5.89. The summed E-state index contributed by atoms with van der Waals surface area (Å²) < 4.78 is 22.3. The monoisotopic (exact) mass is 476 g/mol. The van der Waals surface area contributed by atoms with Gasteiger partial charge in [-0.2, -0.15) is 0 Å². The summed E-state index contributed by atoms with van der Waals surface area (Å²) in [4.78, 5) is 24.4. The number of para-hydroxylation sites is 1. The first-order valence-corrected chi connectivity index (χ1v) is 11.2. The number of nitrogens with one attached hydrogen (secondary N) is 2. The van der Waals surface area contributed by atoms with Crippen LogP contribution < -0.4 is 29.6 Å². The normalized spacial score (nSPS) is 14.0. The number of fused-ring (bicyclic) bond motifs is 3. The van der Waals surface area contributed by atoms with Gasteiger partial charge in [-0.05, 0) is 59.9 Å². The molecule has 0 saturated carbocycles. The molecule has 0 heterocycles. The summed E-state index contributed by atoms with van der Waals surface area (Å²) in [6, 6.07) is 16.1. The zero-order valence-electron chi connectivity index (χ0n) is 20.1. The Bertz CT molecular complexity index is 1240. The van der Waals surface area contributed by atoms with Gasteiger partial charge in [0.2, 0.25) is 11.7 Å². The Balaban J connectivity index is 1.76. The maximum atomic E-state index is 12.4. The first-order valence-electron chi connectivity index (χ1n) is 11.2. The van der Waals surface area contributed by atoms with E-state index in [4.69, 9.17) is 18.9 Å². The van der Waals surface area contributed by atoms with E-state index < -0.39 is 6.09 Å². The minimum atomic E-state index is -0.578. The lowest BCUT2D eigenvalue weighted by Crippen LogP contribution is -2.26. The molecular formula is C27H28N2O6. The molecule has 0 fully saturated rings. The zero-order chi connectivity index (χ0) is 24.9. The van der Waals surface area contributed by atoms with E-state index in [0.29, 0.717) is 41.5 Å². The highest BCUT2D eigenvalue weighted by atomic mass is 16.6. The van der Waals surface area contributed by atoms with Crippen LogP contribution in [0, 0.1) is 0 Å². The van der Waals surface area contributed by atoms with Gasteiger partial charge in [-0.3, -0.25) is 10.1 Å². The molecule has 1 aliphatic carbocycles. The molecule has 1 atom stereocenters. The van der Waals surface area contributed by atoms with E-state index in [-0.39, 0.29) is 11.9 Å². The summed E-state index contributed by atoms with van der Waals surface area (Å²) in [6.07, 6.45) is 0.729. The molecule has 2 amide bonds. The van der Waals surface area contributed by atoms with Crippen molar-refractivity contribution in [1.82, 2.24) is 5.32 Å². The van der Waals surface area contributed by atoms with Crippen LogP contribution in [0.1, 0.15) is 30.5 Å². The van der Waals surface area contributed by atoms with Gasteiger partial charge >= 0.3 is 6.09 Å². The zero-order valence-corrected chi connectivity index (χ0v) is 20.1. The van der Waals surface area contributed by atoms with Crippen molar-refractivity contribution < 1.29 is 28.5 Å². The fourth-order valence-corrected chi connectivity index (χ4v) is 4.44. The highest BCUT2D eigenvalue weighted by Gasteiger charge is 2.30. The summed E-state index contributed by atoms with van der Waals surface area (Å²) in [7, 11) is 4.69. The molecule has 35 heavy (non-hydrogen) atoms. The van der Waals surface area contributed by atoms with Gasteiger partial charge in [-0.25, -0.2) is 4.79 Å². The highest BCUT2D eigenvalue weighted by Crippen LogP contribution is 2.51. The molecule has 1 unspecified atom stereocenters. The fraction of sp³-hybridized carbons (Fsp3) is 0.259. The van der Waals surface area contributed by atoms with Crippen molar-refractivity contribution in [3.05, 3.63) is 65.7 Å². The number of ether oxygens (including phenoxy) is 4. The Hall–Kier alpha value is -4.20. The molecule has 182 valence electrons. The molecule has 2 N–H and O–H groups in total. The number of hydrogen-bond donors (Lipinski definition) is 2. The number of carbonyl (C=O) groups is 2. The Morgan fingerprint density at radius 2 is 1.66 bits per heavy atom. The predicted molar refractivity (Wildman–Crippen MR) is 133 cm³/mol. The molecule has 0 spiro atoms. The summed E-state index contributed by atoms with van der Waals surface area (Å²) in [5.41, 5.74) is 4.20. The van der Waals surface area contributed by atoms with E-state index in [0.717, 1.165) is 22.3 Å². The van der Waals surface area contributed by atoms with Gasteiger partial charge in [0.25, 0.3) is 0 Å². The molecule has 3 aromatic rings. The SMILES string of the molecule is COc1cc2c(c(OC)c1OC)-c1ccc(NC(=O)Oc3ccccc3)cc1CCC2NC(C)=O. The number of methoxy groups -OCH3 is 3. The van der Waals surface area contributed by atoms with Crippen LogP contribution in [0.25, 0.3) is 11.1 Å². The molecule has 3 aromatic carbocycles. The molecule has 8 nitrogen and oxygen atoms in total. The average molecular weight is 477 g/mol. The van der Waals surface area contributed by atoms with Crippen LogP contribution in [0.3, 0.4) is 0 Å². The van der Waals surface area contributed by atoms with Crippen molar-refractivity contribution in [3.8, 4) is 34.1 Å². The molecule has 0 bridgehead atoms. The lowest BCUT2D eigenvalue weighted by molar-refractivity contribution is -0.119. The van der Waals surface area contributed by atoms with Crippen molar-refractivity contribution in [2.45, 2.75) is 25.8 Å². The predicted octanol–water partition coefficient (Wildman–Crippen LogP) is 5.11. The third-order valence-electron chi connectivity index (χ3n) is 5.89. The lowest BCUT2D eigenvalue weighted by atomic mass is 9.93. The second kappa shape index (κ2) is 10.4. The molecular weight excluding hydrogens is 448 g/mol. The summed E-state index contributed by atoms with van der Waals surface area (Å²) in [5.74, 6) is 1.83. The summed E-state index contributed by atoms with van der Waals surface area (Å²) in [5, 5.41) is 5.84. The van der Waals surface area contributed by atoms with Crippen LogP contribution in [0.5, 0.6) is 23.0 Å². The first kappa shape index (κ1) is 23.9. The highest BCUT2D eigenvalue weighted by molar-refractivity contribution is 5.89. The van der Waals surface area contributed by atoms with Gasteiger partial charge < -0.3 is 24.3 Å². The Morgan fingerprint density at radius 1 is 0.914 bits per heavy atom. The van der Waals surface area contributed by atoms with Crippen LogP contribution in [-0.2, 0) is 11.2 Å². The van der Waals surface area contributed by atoms with Crippen molar-refractivity contribution in [2.24, 2.45) is 0 Å². The standard InChI is InChI=1S/C27H28N2O6/c1-16(30)28-22-13-10-17-14-18(29-27(31)35-19-8-6-5-7-9-19)11-12-20(17)24-21(22)15-23(32-2)25(33-3)26(24)34-4/h5-9,11-12,14-15,22H,10,13H2,1-4H3,(H,28,30)(H,29,31). The van der Waals surface area contributed by atoms with Gasteiger partial charge in [0.15, 0.2) is 11.5 Å². The Kier molecular flexibility index (Phi) is 7.10. The molecule has 0 aromatic heterocycles. The van der Waals surface area contributed by atoms with E-state index in [2.05, 4.69) is 10.6 Å². The lowest BCUT2D eigenvalue weighted by Gasteiger charge is -2.23. The topological polar surface area (TPSA) is 95.1 Å². The quantitative estimate of drug-likeness (QED) is 0.513. The minimum Gasteiger partial charge on any atom is -0.493 e. The first-order chi connectivity index (χ1) is 16.9. The number of aryl methyl sites for hydroxylation is 1. The number of rotatable bonds is 6. The van der Waals surface area contributed by atoms with E-state index in [1.54, 1.807) is 45.6 Å². The van der Waals surface area contributed by atoms with Gasteiger partial charge in [0.1, 0.15) is 5.75 Å². The number of benzene rings is 3. The van der Waals surface area contributed by atoms with Crippen molar-refractivity contribution in [2.75, 3.05) is 26.6 Å². The molecule has 0 saturated heterocycles. The average Bonchev–Trinajstić information content (AvgIpc) is 2.99. The third kappa shape index (κ3) is 5.01. The number of hydrogen-bond acceptors (Lipinski definition) is 6. The number of carbonyl (C=O) groups excluding carboxylic acids is 2. The number of anilines is 1. The number of amides is 2. The molecule has 0 aliphatic heterocycles. The maximum Gasteiger partial charge on any atom is 0.417 e. The van der Waals surface area contributed by atoms with Crippen molar-refractivity contribution >= 4 is 17.7 Å². The van der Waals surface area contributed by atoms with Crippen LogP contribution in [0.2, 0.25) is 0 Å². The molecule has 0 radical (unpaired) electrons. The van der Waals surface area contributed by atoms with E-state index in [9.17, 15) is 9.59 Å². The molecule has 4 rings (SSSR count). The maximum absolute atomic E-state index is 12.4. The minimum absolute atomic E-state index is 0.133. The fourth-order valence-electron chi connectivity index (χ4n) is 4.44. The van der Waals surface area contributed by atoms with Crippen LogP contribution in [0.4, 0.5) is 10.5 Å². The Labute approximate surface area is 204 Å². The second-order valence-corrected chi connectivity index (χ2v) is 8.10. The van der Waals surface area contributed by atoms with E-state index in [1.807, 2.05) is 30.3 Å². The van der Waals surface area contributed by atoms with Gasteiger partial charge in [-0.1, -0.05) is 24.3 Å². The van der Waals surface area contributed by atoms with E-state index >= 15 is 0 Å². The van der Waals surface area contributed by atoms with Gasteiger partial charge in [-0.15, -0.1) is 0 Å². The van der Waals surface area contributed by atoms with Crippen LogP contribution in [-0.4, -0.2) is 33.3 Å². The van der Waals surface area contributed by atoms with E-state index in [1.165, 1.54) is 6.92 Å². The van der Waals surface area contributed by atoms with Crippen molar-refractivity contribution in [3.63, 3.8) is 0 Å². The summed E-state index contributed by atoms with van der Waals surface area (Å²) in [6.45, 7) is 1.50.